The first-order valence-corrected chi connectivity index (χ1v) is 6.98. The van der Waals surface area contributed by atoms with Gasteiger partial charge in [0.2, 0.25) is 0 Å². The normalized spacial score (nSPS) is 18.8. The second-order valence-corrected chi connectivity index (χ2v) is 5.23. The summed E-state index contributed by atoms with van der Waals surface area (Å²) in [5, 5.41) is 14.0. The van der Waals surface area contributed by atoms with Crippen LogP contribution in [0.5, 0.6) is 0 Å². The molecule has 6 nitrogen and oxygen atoms in total. The highest BCUT2D eigenvalue weighted by atomic mass is 16.4. The largest absolute Gasteiger partial charge is 0.480 e. The molecule has 0 bridgehead atoms. The summed E-state index contributed by atoms with van der Waals surface area (Å²) in [5.74, 6) is -0.328. The lowest BCUT2D eigenvalue weighted by Gasteiger charge is -2.28. The van der Waals surface area contributed by atoms with Gasteiger partial charge in [0.15, 0.2) is 0 Å². The van der Waals surface area contributed by atoms with Crippen LogP contribution in [0.4, 0.5) is 4.79 Å². The Bertz CT molecular complexity index is 302. The Morgan fingerprint density at radius 2 is 2.00 bits per heavy atom. The summed E-state index contributed by atoms with van der Waals surface area (Å²) in [5.41, 5.74) is 0. The highest BCUT2D eigenvalue weighted by molar-refractivity contribution is 5.82. The van der Waals surface area contributed by atoms with Gasteiger partial charge in [-0.25, -0.2) is 9.59 Å². The fraction of sp³-hybridized carbons (Fsp3) is 0.846. The molecule has 0 unspecified atom stereocenters. The van der Waals surface area contributed by atoms with Crippen LogP contribution in [0.3, 0.4) is 0 Å². The minimum atomic E-state index is -0.993. The number of aliphatic carboxylic acids is 1. The van der Waals surface area contributed by atoms with Gasteiger partial charge in [0.05, 0.1) is 0 Å². The van der Waals surface area contributed by atoms with E-state index in [9.17, 15) is 9.59 Å². The predicted octanol–water partition coefficient (Wildman–Crippen LogP) is 0.881. The van der Waals surface area contributed by atoms with Gasteiger partial charge in [0.25, 0.3) is 0 Å². The molecular weight excluding hydrogens is 246 g/mol. The van der Waals surface area contributed by atoms with Gasteiger partial charge in [-0.15, -0.1) is 0 Å². The number of rotatable bonds is 6. The first kappa shape index (κ1) is 15.8. The standard InChI is InChI=1S/C13H25N3O3/c1-3-11(12(17)18)15-13(19)14-7-4-10-5-8-16(2)9-6-10/h10-11H,3-9H2,1-2H3,(H,17,18)(H2,14,15,19)/t11-/m1/s1. The van der Waals surface area contributed by atoms with Crippen molar-refractivity contribution in [3.8, 4) is 0 Å². The summed E-state index contributed by atoms with van der Waals surface area (Å²) in [6.45, 7) is 4.58. The summed E-state index contributed by atoms with van der Waals surface area (Å²) in [6.07, 6.45) is 3.70. The molecule has 1 atom stereocenters. The molecule has 110 valence electrons. The number of carbonyl (C=O) groups excluding carboxylic acids is 1. The SMILES string of the molecule is CC[C@@H](NC(=O)NCCC1CCN(C)CC1)C(=O)O. The molecule has 3 N–H and O–H groups in total. The molecule has 2 amide bonds. The number of hydrogen-bond acceptors (Lipinski definition) is 3. The monoisotopic (exact) mass is 271 g/mol. The molecule has 0 aromatic carbocycles. The van der Waals surface area contributed by atoms with Crippen LogP contribution in [0.25, 0.3) is 0 Å². The van der Waals surface area contributed by atoms with Crippen molar-refractivity contribution >= 4 is 12.0 Å². The summed E-state index contributed by atoms with van der Waals surface area (Å²) in [6, 6.07) is -1.19. The van der Waals surface area contributed by atoms with E-state index in [0.717, 1.165) is 19.5 Å². The van der Waals surface area contributed by atoms with Gasteiger partial charge in [-0.3, -0.25) is 0 Å². The lowest BCUT2D eigenvalue weighted by atomic mass is 9.94. The van der Waals surface area contributed by atoms with E-state index in [0.29, 0.717) is 18.9 Å². The molecule has 1 aliphatic heterocycles. The smallest absolute Gasteiger partial charge is 0.326 e. The molecule has 1 rings (SSSR count). The van der Waals surface area contributed by atoms with E-state index in [-0.39, 0.29) is 6.03 Å². The number of hydrogen-bond donors (Lipinski definition) is 3. The number of nitrogens with zero attached hydrogens (tertiary/aromatic N) is 1. The van der Waals surface area contributed by atoms with E-state index in [2.05, 4.69) is 22.6 Å². The van der Waals surface area contributed by atoms with Gasteiger partial charge in [0, 0.05) is 6.54 Å². The van der Waals surface area contributed by atoms with Gasteiger partial charge in [-0.05, 0) is 51.7 Å². The Morgan fingerprint density at radius 3 is 2.53 bits per heavy atom. The molecular formula is C13H25N3O3. The van der Waals surface area contributed by atoms with Crippen LogP contribution >= 0.6 is 0 Å². The molecule has 6 heteroatoms. The minimum Gasteiger partial charge on any atom is -0.480 e. The highest BCUT2D eigenvalue weighted by Gasteiger charge is 2.18. The number of piperidine rings is 1. The minimum absolute atomic E-state index is 0.387. The van der Waals surface area contributed by atoms with Gasteiger partial charge in [0.1, 0.15) is 6.04 Å². The predicted molar refractivity (Wildman–Crippen MR) is 73.1 cm³/mol. The Morgan fingerprint density at radius 1 is 1.37 bits per heavy atom. The van der Waals surface area contributed by atoms with E-state index in [1.165, 1.54) is 12.8 Å². The lowest BCUT2D eigenvalue weighted by Crippen LogP contribution is -2.46. The molecule has 0 aromatic rings. The average molecular weight is 271 g/mol. The molecule has 0 spiro atoms. The van der Waals surface area contributed by atoms with Crippen molar-refractivity contribution in [1.82, 2.24) is 15.5 Å². The maximum absolute atomic E-state index is 11.5. The summed E-state index contributed by atoms with van der Waals surface area (Å²) < 4.78 is 0. The van der Waals surface area contributed by atoms with Gasteiger partial charge >= 0.3 is 12.0 Å². The third-order valence-corrected chi connectivity index (χ3v) is 3.69. The first-order chi connectivity index (χ1) is 9.02. The van der Waals surface area contributed by atoms with Crippen LogP contribution in [-0.2, 0) is 4.79 Å². The zero-order valence-electron chi connectivity index (χ0n) is 11.8. The lowest BCUT2D eigenvalue weighted by molar-refractivity contribution is -0.139. The van der Waals surface area contributed by atoms with Gasteiger partial charge in [-0.2, -0.15) is 0 Å². The Balaban J connectivity index is 2.15. The maximum Gasteiger partial charge on any atom is 0.326 e. The van der Waals surface area contributed by atoms with Crippen LogP contribution in [0.1, 0.15) is 32.6 Å². The Kier molecular flexibility index (Phi) is 6.62. The van der Waals surface area contributed by atoms with Crippen molar-refractivity contribution in [3.05, 3.63) is 0 Å². The molecule has 0 aromatic heterocycles. The second-order valence-electron chi connectivity index (χ2n) is 5.23. The number of likely N-dealkylation sites (tertiary alicyclic amines) is 1. The van der Waals surface area contributed by atoms with E-state index >= 15 is 0 Å². The highest BCUT2D eigenvalue weighted by Crippen LogP contribution is 2.18. The van der Waals surface area contributed by atoms with Gasteiger partial charge < -0.3 is 20.6 Å². The topological polar surface area (TPSA) is 81.7 Å². The number of urea groups is 1. The summed E-state index contributed by atoms with van der Waals surface area (Å²) in [7, 11) is 2.12. The molecule has 0 saturated carbocycles. The second kappa shape index (κ2) is 7.99. The first-order valence-electron chi connectivity index (χ1n) is 6.98. The van der Waals surface area contributed by atoms with Crippen molar-refractivity contribution in [2.45, 2.75) is 38.6 Å². The molecule has 0 radical (unpaired) electrons. The Hall–Kier alpha value is -1.30. The van der Waals surface area contributed by atoms with E-state index in [4.69, 9.17) is 5.11 Å². The fourth-order valence-corrected chi connectivity index (χ4v) is 2.29. The van der Waals surface area contributed by atoms with Crippen molar-refractivity contribution in [1.29, 1.82) is 0 Å². The zero-order valence-corrected chi connectivity index (χ0v) is 11.8. The summed E-state index contributed by atoms with van der Waals surface area (Å²) in [4.78, 5) is 24.6. The van der Waals surface area contributed by atoms with Gasteiger partial charge in [-0.1, -0.05) is 6.92 Å². The van der Waals surface area contributed by atoms with Crippen LogP contribution in [0, 0.1) is 5.92 Å². The van der Waals surface area contributed by atoms with Crippen LogP contribution in [0.15, 0.2) is 0 Å². The fourth-order valence-electron chi connectivity index (χ4n) is 2.29. The van der Waals surface area contributed by atoms with Crippen molar-refractivity contribution in [2.75, 3.05) is 26.7 Å². The third-order valence-electron chi connectivity index (χ3n) is 3.69. The number of carboxylic acid groups (broad SMARTS) is 1. The van der Waals surface area contributed by atoms with E-state index in [1.807, 2.05) is 0 Å². The number of nitrogens with one attached hydrogen (secondary N) is 2. The summed E-state index contributed by atoms with van der Waals surface area (Å²) >= 11 is 0. The molecule has 1 heterocycles. The number of carboxylic acids is 1. The van der Waals surface area contributed by atoms with Crippen LogP contribution in [-0.4, -0.2) is 54.7 Å². The van der Waals surface area contributed by atoms with E-state index < -0.39 is 12.0 Å². The molecule has 1 aliphatic rings. The molecule has 1 fully saturated rings. The maximum atomic E-state index is 11.5. The van der Waals surface area contributed by atoms with Crippen LogP contribution in [0.2, 0.25) is 0 Å². The zero-order chi connectivity index (χ0) is 14.3. The molecule has 1 saturated heterocycles. The quantitative estimate of drug-likeness (QED) is 0.670. The number of amides is 2. The average Bonchev–Trinajstić information content (AvgIpc) is 2.38. The van der Waals surface area contributed by atoms with Crippen LogP contribution < -0.4 is 10.6 Å². The Labute approximate surface area is 114 Å². The molecule has 19 heavy (non-hydrogen) atoms. The van der Waals surface area contributed by atoms with Crippen molar-refractivity contribution in [3.63, 3.8) is 0 Å². The third kappa shape index (κ3) is 5.92. The number of carbonyl (C=O) groups is 2. The van der Waals surface area contributed by atoms with Crippen molar-refractivity contribution < 1.29 is 14.7 Å². The van der Waals surface area contributed by atoms with E-state index in [1.54, 1.807) is 6.92 Å². The molecule has 0 aliphatic carbocycles. The van der Waals surface area contributed by atoms with Crippen molar-refractivity contribution in [2.24, 2.45) is 5.92 Å².